The first-order valence-corrected chi connectivity index (χ1v) is 6.59. The summed E-state index contributed by atoms with van der Waals surface area (Å²) in [5.74, 6) is 0. The Bertz CT molecular complexity index is 115. The van der Waals surface area contributed by atoms with Gasteiger partial charge >= 0.3 is 15.1 Å². The lowest BCUT2D eigenvalue weighted by Gasteiger charge is -2.12. The lowest BCUT2D eigenvalue weighted by molar-refractivity contribution is 0.0504. The molecule has 0 aromatic heterocycles. The molecule has 6 heteroatoms. The van der Waals surface area contributed by atoms with E-state index in [0.29, 0.717) is 33.0 Å². The third-order valence-electron chi connectivity index (χ3n) is 1.54. The van der Waals surface area contributed by atoms with E-state index in [2.05, 4.69) is 6.92 Å². The summed E-state index contributed by atoms with van der Waals surface area (Å²) in [6.45, 7) is 4.89. The predicted octanol–water partition coefficient (Wildman–Crippen LogP) is 0.724. The average Bonchev–Trinajstić information content (AvgIpc) is 2.25. The van der Waals surface area contributed by atoms with E-state index in [4.69, 9.17) is 20.8 Å². The minimum Gasteiger partial charge on any atom is -0.454 e. The highest BCUT2D eigenvalue weighted by atomic mass is 27.3. The summed E-state index contributed by atoms with van der Waals surface area (Å²) >= 11 is -1.97. The van der Waals surface area contributed by atoms with Gasteiger partial charge in [-0.05, 0) is 6.42 Å². The summed E-state index contributed by atoms with van der Waals surface area (Å²) in [5, 5.41) is 0. The van der Waals surface area contributed by atoms with E-state index in [-0.39, 0.29) is 0 Å². The van der Waals surface area contributed by atoms with Crippen molar-refractivity contribution in [3.8, 4) is 0 Å². The van der Waals surface area contributed by atoms with E-state index in [9.17, 15) is 0 Å². The van der Waals surface area contributed by atoms with Crippen molar-refractivity contribution in [3.63, 3.8) is 0 Å². The minimum atomic E-state index is -1.97. The smallest absolute Gasteiger partial charge is 0.454 e. The molecule has 0 aromatic carbocycles. The van der Waals surface area contributed by atoms with Gasteiger partial charge in [0.05, 0.1) is 13.2 Å². The van der Waals surface area contributed by atoms with E-state index < -0.39 is 15.1 Å². The topological polar surface area (TPSA) is 46.2 Å². The maximum atomic E-state index is 5.47. The molecule has 0 radical (unpaired) electrons. The second-order valence-corrected chi connectivity index (χ2v) is 4.46. The molecule has 0 aromatic rings. The monoisotopic (exact) mass is 236 g/mol. The molecule has 0 spiro atoms. The summed E-state index contributed by atoms with van der Waals surface area (Å²) in [4.78, 5) is 0. The van der Waals surface area contributed by atoms with Crippen LogP contribution in [0.15, 0.2) is 0 Å². The largest absolute Gasteiger partial charge is 0.905 e. The lowest BCUT2D eigenvalue weighted by Crippen LogP contribution is -2.30. The Kier molecular flexibility index (Phi) is 12.7. The molecule has 0 atom stereocenters. The second-order valence-electron chi connectivity index (χ2n) is 2.89. The molecule has 0 N–H and O–H groups in total. The third kappa shape index (κ3) is 10.6. The summed E-state index contributed by atoms with van der Waals surface area (Å²) in [6, 6.07) is 0. The quantitative estimate of drug-likeness (QED) is 0.391. The van der Waals surface area contributed by atoms with Crippen LogP contribution in [0.25, 0.3) is 0 Å². The predicted molar refractivity (Wildman–Crippen MR) is 57.7 cm³/mol. The highest BCUT2D eigenvalue weighted by molar-refractivity contribution is 6.36. The van der Waals surface area contributed by atoms with Crippen molar-refractivity contribution >= 4 is 15.1 Å². The molecule has 0 unspecified atom stereocenters. The van der Waals surface area contributed by atoms with E-state index >= 15 is 0 Å². The Morgan fingerprint density at radius 1 is 0.733 bits per heavy atom. The number of hydrogen-bond acceptors (Lipinski definition) is 5. The molecule has 0 bridgehead atoms. The van der Waals surface area contributed by atoms with Gasteiger partial charge in [0, 0.05) is 34.0 Å². The zero-order chi connectivity index (χ0) is 11.4. The summed E-state index contributed by atoms with van der Waals surface area (Å²) in [6.07, 6.45) is 0.963. The first-order chi connectivity index (χ1) is 7.35. The van der Waals surface area contributed by atoms with Crippen LogP contribution in [0.4, 0.5) is 0 Å². The van der Waals surface area contributed by atoms with Crippen LogP contribution in [0.3, 0.4) is 0 Å². The van der Waals surface area contributed by atoms with Gasteiger partial charge in [-0.2, -0.15) is 0 Å². The van der Waals surface area contributed by atoms with Crippen molar-refractivity contribution in [3.05, 3.63) is 0 Å². The molecule has 0 fully saturated rings. The van der Waals surface area contributed by atoms with Crippen LogP contribution in [0.1, 0.15) is 13.3 Å². The molecule has 0 aliphatic rings. The molecule has 0 heterocycles. The van der Waals surface area contributed by atoms with Crippen LogP contribution in [-0.4, -0.2) is 62.4 Å². The molecule has 0 aliphatic heterocycles. The van der Waals surface area contributed by atoms with Gasteiger partial charge in [-0.1, -0.05) is 6.92 Å². The van der Waals surface area contributed by atoms with Crippen LogP contribution < -0.4 is 0 Å². The highest BCUT2D eigenvalue weighted by Crippen LogP contribution is 1.94. The molecule has 0 amide bonds. The van der Waals surface area contributed by atoms with Gasteiger partial charge in [0.2, 0.25) is 0 Å². The zero-order valence-electron chi connectivity index (χ0n) is 9.86. The molecule has 0 saturated carbocycles. The fraction of sp³-hybridized carbons (Fsp3) is 1.00. The minimum absolute atomic E-state index is 0.518. The SMILES string of the molecule is CCC[O][Al]([O]CCOC)[O]CCOC. The van der Waals surface area contributed by atoms with E-state index in [0.717, 1.165) is 6.42 Å². The van der Waals surface area contributed by atoms with Crippen LogP contribution in [0.5, 0.6) is 0 Å². The Morgan fingerprint density at radius 2 is 1.20 bits per heavy atom. The molecule has 0 aliphatic carbocycles. The van der Waals surface area contributed by atoms with Gasteiger partial charge in [-0.3, -0.25) is 0 Å². The maximum Gasteiger partial charge on any atom is 0.905 e. The fourth-order valence-corrected chi connectivity index (χ4v) is 2.11. The van der Waals surface area contributed by atoms with E-state index in [1.165, 1.54) is 0 Å². The van der Waals surface area contributed by atoms with Crippen molar-refractivity contribution in [2.24, 2.45) is 0 Å². The molecule has 0 saturated heterocycles. The van der Waals surface area contributed by atoms with Gasteiger partial charge in [0.25, 0.3) is 0 Å². The molecular formula is C9H21AlO5. The number of rotatable bonds is 11. The van der Waals surface area contributed by atoms with Crippen LogP contribution in [-0.2, 0) is 20.8 Å². The van der Waals surface area contributed by atoms with Gasteiger partial charge in [-0.15, -0.1) is 0 Å². The van der Waals surface area contributed by atoms with Crippen molar-refractivity contribution in [2.45, 2.75) is 13.3 Å². The summed E-state index contributed by atoms with van der Waals surface area (Å²) in [5.41, 5.74) is 0. The molecule has 0 rings (SSSR count). The number of ether oxygens (including phenoxy) is 2. The molecule has 90 valence electrons. The first-order valence-electron chi connectivity index (χ1n) is 5.17. The Balaban J connectivity index is 3.53. The third-order valence-corrected chi connectivity index (χ3v) is 3.06. The van der Waals surface area contributed by atoms with Crippen LogP contribution in [0.2, 0.25) is 0 Å². The lowest BCUT2D eigenvalue weighted by atomic mass is 10.5. The van der Waals surface area contributed by atoms with Crippen molar-refractivity contribution in [1.82, 2.24) is 0 Å². The molecule has 5 nitrogen and oxygen atoms in total. The Labute approximate surface area is 97.0 Å². The Morgan fingerprint density at radius 3 is 1.60 bits per heavy atom. The number of hydrogen-bond donors (Lipinski definition) is 0. The standard InChI is InChI=1S/2C3H7O2.C3H7O.Al/c2*1-5-3-2-4;1-2-3-4;/h2*2-3H2,1H3;2-3H2,1H3;/q3*-1;+3. The zero-order valence-corrected chi connectivity index (χ0v) is 11.0. The van der Waals surface area contributed by atoms with Gasteiger partial charge in [0.1, 0.15) is 0 Å². The normalized spacial score (nSPS) is 10.6. The van der Waals surface area contributed by atoms with Crippen molar-refractivity contribution in [1.29, 1.82) is 0 Å². The maximum absolute atomic E-state index is 5.47. The van der Waals surface area contributed by atoms with Gasteiger partial charge in [0.15, 0.2) is 0 Å². The van der Waals surface area contributed by atoms with Gasteiger partial charge < -0.3 is 20.8 Å². The summed E-state index contributed by atoms with van der Waals surface area (Å²) in [7, 11) is 3.28. The van der Waals surface area contributed by atoms with Gasteiger partial charge in [-0.25, -0.2) is 0 Å². The van der Waals surface area contributed by atoms with Crippen LogP contribution >= 0.6 is 0 Å². The fourth-order valence-electron chi connectivity index (χ4n) is 0.814. The van der Waals surface area contributed by atoms with Crippen molar-refractivity contribution in [2.75, 3.05) is 47.3 Å². The highest BCUT2D eigenvalue weighted by Gasteiger charge is 2.30. The molecular weight excluding hydrogens is 215 g/mol. The summed E-state index contributed by atoms with van der Waals surface area (Å²) < 4.78 is 26.1. The van der Waals surface area contributed by atoms with Crippen molar-refractivity contribution < 1.29 is 20.8 Å². The molecule has 15 heavy (non-hydrogen) atoms. The Hall–Kier alpha value is 0.332. The number of methoxy groups -OCH3 is 2. The van der Waals surface area contributed by atoms with Crippen LogP contribution in [0, 0.1) is 0 Å². The second kappa shape index (κ2) is 12.4. The van der Waals surface area contributed by atoms with E-state index in [1.54, 1.807) is 14.2 Å². The first kappa shape index (κ1) is 15.3. The van der Waals surface area contributed by atoms with E-state index in [1.807, 2.05) is 0 Å². The average molecular weight is 236 g/mol.